The second kappa shape index (κ2) is 4.50. The van der Waals surface area contributed by atoms with Crippen molar-refractivity contribution >= 4 is 28.6 Å². The van der Waals surface area contributed by atoms with Crippen molar-refractivity contribution in [1.29, 1.82) is 0 Å². The molecule has 0 amide bonds. The summed E-state index contributed by atoms with van der Waals surface area (Å²) in [6, 6.07) is 2.86. The van der Waals surface area contributed by atoms with Gasteiger partial charge in [0.1, 0.15) is 11.5 Å². The van der Waals surface area contributed by atoms with Crippen LogP contribution in [0.1, 0.15) is 10.4 Å². The summed E-state index contributed by atoms with van der Waals surface area (Å²) in [5.41, 5.74) is 0.266. The maximum Gasteiger partial charge on any atom is 0.338 e. The normalized spacial score (nSPS) is 9.64. The summed E-state index contributed by atoms with van der Waals surface area (Å²) in [6.07, 6.45) is 0. The summed E-state index contributed by atoms with van der Waals surface area (Å²) in [5.74, 6) is -0.0497. The Morgan fingerprint density at radius 3 is 2.57 bits per heavy atom. The summed E-state index contributed by atoms with van der Waals surface area (Å²) in [5, 5.41) is 9.46. The van der Waals surface area contributed by atoms with Gasteiger partial charge in [-0.1, -0.05) is 0 Å². The molecule has 1 aromatic carbocycles. The fourth-order valence-electron chi connectivity index (χ4n) is 0.967. The number of hydrogen-bond donors (Lipinski definition) is 1. The Kier molecular flexibility index (Phi) is 3.56. The van der Waals surface area contributed by atoms with E-state index in [1.807, 2.05) is 22.6 Å². The predicted molar refractivity (Wildman–Crippen MR) is 58.7 cm³/mol. The van der Waals surface area contributed by atoms with E-state index in [0.717, 1.165) is 0 Å². The lowest BCUT2D eigenvalue weighted by atomic mass is 10.2. The Morgan fingerprint density at radius 2 is 2.07 bits per heavy atom. The molecule has 1 N–H and O–H groups in total. The highest BCUT2D eigenvalue weighted by molar-refractivity contribution is 14.1. The van der Waals surface area contributed by atoms with Crippen LogP contribution in [0.4, 0.5) is 0 Å². The van der Waals surface area contributed by atoms with Gasteiger partial charge in [-0.2, -0.15) is 0 Å². The number of rotatable bonds is 2. The van der Waals surface area contributed by atoms with Gasteiger partial charge in [0, 0.05) is 0 Å². The SMILES string of the molecule is COC(=O)c1cc(O)c(I)c(OC)c1. The van der Waals surface area contributed by atoms with Crippen LogP contribution in [-0.2, 0) is 4.74 Å². The number of halogens is 1. The molecule has 0 fully saturated rings. The van der Waals surface area contributed by atoms with E-state index in [-0.39, 0.29) is 11.3 Å². The lowest BCUT2D eigenvalue weighted by molar-refractivity contribution is 0.0600. The van der Waals surface area contributed by atoms with Crippen LogP contribution in [0.3, 0.4) is 0 Å². The van der Waals surface area contributed by atoms with E-state index in [1.165, 1.54) is 26.4 Å². The van der Waals surface area contributed by atoms with Gasteiger partial charge in [0.05, 0.1) is 23.4 Å². The molecule has 4 nitrogen and oxygen atoms in total. The lowest BCUT2D eigenvalue weighted by Gasteiger charge is -2.07. The van der Waals surface area contributed by atoms with Gasteiger partial charge >= 0.3 is 5.97 Å². The Bertz CT molecular complexity index is 362. The predicted octanol–water partition coefficient (Wildman–Crippen LogP) is 1.79. The zero-order valence-corrected chi connectivity index (χ0v) is 9.86. The Morgan fingerprint density at radius 1 is 1.43 bits per heavy atom. The van der Waals surface area contributed by atoms with Crippen molar-refractivity contribution in [3.8, 4) is 11.5 Å². The number of hydrogen-bond acceptors (Lipinski definition) is 4. The maximum atomic E-state index is 11.2. The van der Waals surface area contributed by atoms with Crippen molar-refractivity contribution in [3.05, 3.63) is 21.3 Å². The van der Waals surface area contributed by atoms with E-state index >= 15 is 0 Å². The molecule has 0 aromatic heterocycles. The second-order valence-electron chi connectivity index (χ2n) is 2.50. The van der Waals surface area contributed by atoms with E-state index in [4.69, 9.17) is 4.74 Å². The first kappa shape index (κ1) is 11.1. The molecule has 1 aromatic rings. The molecule has 0 saturated heterocycles. The first-order valence-corrected chi connectivity index (χ1v) is 4.82. The number of esters is 1. The number of carbonyl (C=O) groups is 1. The number of aromatic hydroxyl groups is 1. The van der Waals surface area contributed by atoms with Gasteiger partial charge in [-0.25, -0.2) is 4.79 Å². The maximum absolute atomic E-state index is 11.2. The quantitative estimate of drug-likeness (QED) is 0.668. The van der Waals surface area contributed by atoms with Crippen LogP contribution in [0.15, 0.2) is 12.1 Å². The summed E-state index contributed by atoms with van der Waals surface area (Å²) in [4.78, 5) is 11.2. The molecule has 14 heavy (non-hydrogen) atoms. The molecule has 0 unspecified atom stereocenters. The molecular weight excluding hydrogens is 299 g/mol. The van der Waals surface area contributed by atoms with Crippen LogP contribution in [0.25, 0.3) is 0 Å². The monoisotopic (exact) mass is 308 g/mol. The number of phenolic OH excluding ortho intramolecular Hbond substituents is 1. The molecule has 0 radical (unpaired) electrons. The van der Waals surface area contributed by atoms with Gasteiger partial charge < -0.3 is 14.6 Å². The molecule has 0 atom stereocenters. The first-order chi connectivity index (χ1) is 6.60. The van der Waals surface area contributed by atoms with E-state index in [0.29, 0.717) is 9.32 Å². The molecule has 0 spiro atoms. The molecule has 0 aliphatic rings. The zero-order chi connectivity index (χ0) is 10.7. The third kappa shape index (κ3) is 2.09. The summed E-state index contributed by atoms with van der Waals surface area (Å²) in [6.45, 7) is 0. The summed E-state index contributed by atoms with van der Waals surface area (Å²) >= 11 is 1.93. The lowest BCUT2D eigenvalue weighted by Crippen LogP contribution is -2.02. The highest BCUT2D eigenvalue weighted by atomic mass is 127. The summed E-state index contributed by atoms with van der Waals surface area (Å²) < 4.78 is 10.1. The number of methoxy groups -OCH3 is 2. The van der Waals surface area contributed by atoms with Crippen molar-refractivity contribution in [1.82, 2.24) is 0 Å². The number of carbonyl (C=O) groups excluding carboxylic acids is 1. The van der Waals surface area contributed by atoms with E-state index in [2.05, 4.69) is 4.74 Å². The minimum atomic E-state index is -0.505. The highest BCUT2D eigenvalue weighted by Crippen LogP contribution is 2.31. The molecule has 76 valence electrons. The van der Waals surface area contributed by atoms with Crippen LogP contribution >= 0.6 is 22.6 Å². The van der Waals surface area contributed by atoms with E-state index in [9.17, 15) is 9.90 Å². The second-order valence-corrected chi connectivity index (χ2v) is 3.58. The Hall–Kier alpha value is -0.980. The molecule has 0 bridgehead atoms. The van der Waals surface area contributed by atoms with Crippen LogP contribution in [0, 0.1) is 3.57 Å². The number of phenols is 1. The average molecular weight is 308 g/mol. The van der Waals surface area contributed by atoms with Crippen molar-refractivity contribution in [2.45, 2.75) is 0 Å². The minimum Gasteiger partial charge on any atom is -0.507 e. The standard InChI is InChI=1S/C9H9IO4/c1-13-7-4-5(9(12)14-2)3-6(11)8(7)10/h3-4,11H,1-2H3. The van der Waals surface area contributed by atoms with Gasteiger partial charge in [-0.15, -0.1) is 0 Å². The van der Waals surface area contributed by atoms with Crippen LogP contribution in [0.2, 0.25) is 0 Å². The molecule has 0 heterocycles. The van der Waals surface area contributed by atoms with Gasteiger partial charge in [-0.3, -0.25) is 0 Å². The average Bonchev–Trinajstić information content (AvgIpc) is 2.20. The molecule has 0 aliphatic carbocycles. The van der Waals surface area contributed by atoms with Crippen molar-refractivity contribution in [3.63, 3.8) is 0 Å². The molecular formula is C9H9IO4. The molecule has 0 aliphatic heterocycles. The zero-order valence-electron chi connectivity index (χ0n) is 7.70. The third-order valence-electron chi connectivity index (χ3n) is 1.66. The van der Waals surface area contributed by atoms with Gasteiger partial charge in [0.2, 0.25) is 0 Å². The molecule has 1 rings (SSSR count). The molecule has 0 saturated carbocycles. The van der Waals surface area contributed by atoms with E-state index < -0.39 is 5.97 Å². The van der Waals surface area contributed by atoms with Gasteiger partial charge in [0.15, 0.2) is 0 Å². The van der Waals surface area contributed by atoms with Crippen molar-refractivity contribution in [2.24, 2.45) is 0 Å². The van der Waals surface area contributed by atoms with E-state index in [1.54, 1.807) is 0 Å². The molecule has 5 heteroatoms. The number of benzene rings is 1. The van der Waals surface area contributed by atoms with Crippen LogP contribution in [0.5, 0.6) is 11.5 Å². The largest absolute Gasteiger partial charge is 0.507 e. The van der Waals surface area contributed by atoms with Gasteiger partial charge in [-0.05, 0) is 34.7 Å². The highest BCUT2D eigenvalue weighted by Gasteiger charge is 2.13. The Balaban J connectivity index is 3.22. The van der Waals surface area contributed by atoms with Crippen LogP contribution in [-0.4, -0.2) is 25.3 Å². The summed E-state index contributed by atoms with van der Waals surface area (Å²) in [7, 11) is 2.75. The fourth-order valence-corrected chi connectivity index (χ4v) is 1.50. The topological polar surface area (TPSA) is 55.8 Å². The number of ether oxygens (including phenoxy) is 2. The Labute approximate surface area is 95.0 Å². The fraction of sp³-hybridized carbons (Fsp3) is 0.222. The first-order valence-electron chi connectivity index (χ1n) is 3.75. The van der Waals surface area contributed by atoms with Crippen molar-refractivity contribution in [2.75, 3.05) is 14.2 Å². The smallest absolute Gasteiger partial charge is 0.338 e. The van der Waals surface area contributed by atoms with Gasteiger partial charge in [0.25, 0.3) is 0 Å². The minimum absolute atomic E-state index is 0.00495. The van der Waals surface area contributed by atoms with Crippen molar-refractivity contribution < 1.29 is 19.4 Å². The third-order valence-corrected chi connectivity index (χ3v) is 2.75. The van der Waals surface area contributed by atoms with Crippen LogP contribution < -0.4 is 4.74 Å².